The van der Waals surface area contributed by atoms with Gasteiger partial charge in [0, 0.05) is 55.9 Å². The third-order valence-electron chi connectivity index (χ3n) is 9.36. The van der Waals surface area contributed by atoms with Gasteiger partial charge in [0.15, 0.2) is 0 Å². The molecule has 0 saturated carbocycles. The molecule has 0 N–H and O–H groups in total. The molecule has 0 radical (unpaired) electrons. The summed E-state index contributed by atoms with van der Waals surface area (Å²) in [6.07, 6.45) is 3.99. The second-order valence-corrected chi connectivity index (χ2v) is 12.1. The molecule has 6 rings (SSSR count). The van der Waals surface area contributed by atoms with Crippen molar-refractivity contribution >= 4 is 28.1 Å². The first-order chi connectivity index (χ1) is 21.4. The number of ether oxygens (including phenoxy) is 1. The molecule has 3 aliphatic heterocycles. The summed E-state index contributed by atoms with van der Waals surface area (Å²) in [6, 6.07) is 17.3. The van der Waals surface area contributed by atoms with Crippen molar-refractivity contribution in [1.29, 1.82) is 10.5 Å². The molecule has 3 aliphatic rings. The highest BCUT2D eigenvalue weighted by atomic mass is 16.5. The number of piperazine rings is 1. The maximum Gasteiger partial charge on any atom is 0.246 e. The lowest BCUT2D eigenvalue weighted by Crippen LogP contribution is -2.55. The normalized spacial score (nSPS) is 19.3. The summed E-state index contributed by atoms with van der Waals surface area (Å²) in [6.45, 7) is 10.5. The highest BCUT2D eigenvalue weighted by molar-refractivity contribution is 5.97. The fourth-order valence-electron chi connectivity index (χ4n) is 7.05. The van der Waals surface area contributed by atoms with Crippen LogP contribution in [0.2, 0.25) is 0 Å². The molecule has 1 aromatic heterocycles. The molecular formula is C35H39N7O2. The highest BCUT2D eigenvalue weighted by Gasteiger charge is 2.35. The zero-order valence-corrected chi connectivity index (χ0v) is 25.6. The summed E-state index contributed by atoms with van der Waals surface area (Å²) in [5.74, 6) is 0.225. The number of piperidine rings is 1. The van der Waals surface area contributed by atoms with Gasteiger partial charge < -0.3 is 24.3 Å². The van der Waals surface area contributed by atoms with Crippen LogP contribution in [0.4, 0.5) is 11.4 Å². The number of aryl methyl sites for hydroxylation is 1. The Morgan fingerprint density at radius 3 is 2.59 bits per heavy atom. The second-order valence-electron chi connectivity index (χ2n) is 12.1. The summed E-state index contributed by atoms with van der Waals surface area (Å²) >= 11 is 0. The molecule has 2 saturated heterocycles. The van der Waals surface area contributed by atoms with Crippen molar-refractivity contribution in [3.8, 4) is 18.0 Å². The first kappa shape index (κ1) is 29.5. The molecule has 1 amide bonds. The number of benzene rings is 2. The molecule has 1 atom stereocenters. The second kappa shape index (κ2) is 12.6. The van der Waals surface area contributed by atoms with Crippen LogP contribution >= 0.6 is 0 Å². The Bertz CT molecular complexity index is 1660. The van der Waals surface area contributed by atoms with Crippen molar-refractivity contribution in [2.75, 3.05) is 56.1 Å². The van der Waals surface area contributed by atoms with Gasteiger partial charge in [-0.25, -0.2) is 4.98 Å². The summed E-state index contributed by atoms with van der Waals surface area (Å²) in [7, 11) is 2.12. The number of nitriles is 2. The summed E-state index contributed by atoms with van der Waals surface area (Å²) in [4.78, 5) is 26.3. The molecule has 44 heavy (non-hydrogen) atoms. The molecule has 1 unspecified atom stereocenters. The molecule has 0 spiro atoms. The minimum absolute atomic E-state index is 0.00879. The first-order valence-electron chi connectivity index (χ1n) is 15.5. The van der Waals surface area contributed by atoms with Crippen LogP contribution in [0, 0.1) is 29.6 Å². The number of carbonyl (C=O) groups is 1. The van der Waals surface area contributed by atoms with Crippen LogP contribution in [0.3, 0.4) is 0 Å². The van der Waals surface area contributed by atoms with Gasteiger partial charge >= 0.3 is 0 Å². The number of carbonyl (C=O) groups excluding carboxylic acids is 1. The van der Waals surface area contributed by atoms with E-state index in [9.17, 15) is 15.3 Å². The van der Waals surface area contributed by atoms with E-state index in [1.54, 1.807) is 4.90 Å². The fraction of sp³-hybridized carbons (Fsp3) is 0.429. The standard InChI is InChI=1S/C35H39N7O2/c1-4-32(43)42-20-19-41(22-26(42)11-15-36)34-28-14-18-40(31-10-6-9-25-8-5-7-24(2)33(25)31)23-30(28)38-35(29(34)21-37)44-27-12-16-39(3)17-13-27/h4-10,26-27H,1,11-14,16-20,22-23H2,2-3H3. The van der Waals surface area contributed by atoms with Crippen LogP contribution in [0.1, 0.15) is 41.6 Å². The number of amides is 1. The molecule has 3 aromatic rings. The Kier molecular flexibility index (Phi) is 8.41. The van der Waals surface area contributed by atoms with Gasteiger partial charge in [-0.05, 0) is 56.3 Å². The van der Waals surface area contributed by atoms with Gasteiger partial charge in [-0.15, -0.1) is 0 Å². The van der Waals surface area contributed by atoms with Crippen LogP contribution in [0.5, 0.6) is 5.88 Å². The number of likely N-dealkylation sites (tertiary alicyclic amines) is 1. The number of hydrogen-bond acceptors (Lipinski definition) is 8. The lowest BCUT2D eigenvalue weighted by molar-refractivity contribution is -0.128. The van der Waals surface area contributed by atoms with Gasteiger partial charge in [-0.1, -0.05) is 36.9 Å². The van der Waals surface area contributed by atoms with Gasteiger partial charge in [0.1, 0.15) is 17.7 Å². The molecule has 226 valence electrons. The molecule has 4 heterocycles. The van der Waals surface area contributed by atoms with Crippen molar-refractivity contribution in [2.24, 2.45) is 0 Å². The lowest BCUT2D eigenvalue weighted by atomic mass is 9.95. The third-order valence-corrected chi connectivity index (χ3v) is 9.36. The predicted molar refractivity (Wildman–Crippen MR) is 172 cm³/mol. The van der Waals surface area contributed by atoms with E-state index in [1.165, 1.54) is 28.1 Å². The number of aromatic nitrogens is 1. The molecule has 9 heteroatoms. The summed E-state index contributed by atoms with van der Waals surface area (Å²) in [5.41, 5.74) is 5.70. The van der Waals surface area contributed by atoms with Crippen molar-refractivity contribution in [2.45, 2.75) is 51.3 Å². The molecule has 9 nitrogen and oxygen atoms in total. The van der Waals surface area contributed by atoms with E-state index < -0.39 is 0 Å². The van der Waals surface area contributed by atoms with Crippen molar-refractivity contribution in [3.05, 3.63) is 71.4 Å². The number of fused-ring (bicyclic) bond motifs is 2. The maximum absolute atomic E-state index is 12.6. The number of nitrogens with zero attached hydrogens (tertiary/aromatic N) is 7. The van der Waals surface area contributed by atoms with E-state index in [4.69, 9.17) is 9.72 Å². The first-order valence-corrected chi connectivity index (χ1v) is 15.5. The van der Waals surface area contributed by atoms with E-state index in [0.29, 0.717) is 37.6 Å². The zero-order valence-electron chi connectivity index (χ0n) is 25.6. The minimum atomic E-state index is -0.299. The monoisotopic (exact) mass is 589 g/mol. The van der Waals surface area contributed by atoms with Crippen LogP contribution in [0.15, 0.2) is 49.1 Å². The molecule has 0 aliphatic carbocycles. The molecule has 0 bridgehead atoms. The summed E-state index contributed by atoms with van der Waals surface area (Å²) in [5, 5.41) is 22.6. The number of hydrogen-bond donors (Lipinski definition) is 0. The van der Waals surface area contributed by atoms with Crippen LogP contribution in [-0.4, -0.2) is 79.2 Å². The quantitative estimate of drug-likeness (QED) is 0.386. The predicted octanol–water partition coefficient (Wildman–Crippen LogP) is 4.57. The lowest BCUT2D eigenvalue weighted by Gasteiger charge is -2.43. The average molecular weight is 590 g/mol. The Morgan fingerprint density at radius 2 is 1.86 bits per heavy atom. The van der Waals surface area contributed by atoms with Gasteiger partial charge in [-0.3, -0.25) is 4.79 Å². The topological polar surface area (TPSA) is 99.7 Å². The Balaban J connectivity index is 1.42. The van der Waals surface area contributed by atoms with Gasteiger partial charge in [-0.2, -0.15) is 10.5 Å². The van der Waals surface area contributed by atoms with Gasteiger partial charge in [0.25, 0.3) is 0 Å². The average Bonchev–Trinajstić information content (AvgIpc) is 3.04. The van der Waals surface area contributed by atoms with Crippen LogP contribution < -0.4 is 14.5 Å². The van der Waals surface area contributed by atoms with Crippen LogP contribution in [0.25, 0.3) is 10.8 Å². The Morgan fingerprint density at radius 1 is 1.09 bits per heavy atom. The van der Waals surface area contributed by atoms with Gasteiger partial charge in [0.2, 0.25) is 11.8 Å². The highest BCUT2D eigenvalue weighted by Crippen LogP contribution is 2.40. The molecule has 2 fully saturated rings. The summed E-state index contributed by atoms with van der Waals surface area (Å²) < 4.78 is 6.57. The third kappa shape index (κ3) is 5.56. The van der Waals surface area contributed by atoms with Crippen molar-refractivity contribution in [3.63, 3.8) is 0 Å². The SMILES string of the molecule is C=CC(=O)N1CCN(c2c(C#N)c(OC3CCN(C)CC3)nc3c2CCN(c2cccc4cccc(C)c24)C3)CC1CC#N. The largest absolute Gasteiger partial charge is 0.473 e. The van der Waals surface area contributed by atoms with Crippen molar-refractivity contribution in [1.82, 2.24) is 14.8 Å². The Hall–Kier alpha value is -4.60. The van der Waals surface area contributed by atoms with E-state index in [2.05, 4.69) is 83.8 Å². The fourth-order valence-corrected chi connectivity index (χ4v) is 7.05. The van der Waals surface area contributed by atoms with Gasteiger partial charge in [0.05, 0.1) is 36.5 Å². The number of anilines is 2. The van der Waals surface area contributed by atoms with Crippen LogP contribution in [-0.2, 0) is 17.8 Å². The minimum Gasteiger partial charge on any atom is -0.473 e. The number of rotatable bonds is 6. The maximum atomic E-state index is 12.6. The smallest absolute Gasteiger partial charge is 0.246 e. The Labute approximate surface area is 259 Å². The van der Waals surface area contributed by atoms with E-state index in [0.717, 1.165) is 55.8 Å². The molecular weight excluding hydrogens is 550 g/mol. The zero-order chi connectivity index (χ0) is 30.8. The molecule has 2 aromatic carbocycles. The van der Waals surface area contributed by atoms with E-state index >= 15 is 0 Å². The number of pyridine rings is 1. The van der Waals surface area contributed by atoms with E-state index in [1.807, 2.05) is 0 Å². The van der Waals surface area contributed by atoms with E-state index in [-0.39, 0.29) is 24.5 Å². The van der Waals surface area contributed by atoms with Crippen molar-refractivity contribution < 1.29 is 9.53 Å².